The molecular weight excluding hydrogens is 363 g/mol. The van der Waals surface area contributed by atoms with Crippen LogP contribution in [-0.4, -0.2) is 31.4 Å². The van der Waals surface area contributed by atoms with Gasteiger partial charge in [0.2, 0.25) is 11.8 Å². The number of rotatable bonds is 5. The van der Waals surface area contributed by atoms with Gasteiger partial charge in [0.1, 0.15) is 12.4 Å². The highest BCUT2D eigenvalue weighted by Gasteiger charge is 2.19. The van der Waals surface area contributed by atoms with Gasteiger partial charge in [-0.2, -0.15) is 0 Å². The zero-order valence-electron chi connectivity index (χ0n) is 14.1. The number of nitrogens with zero attached hydrogens (tertiary/aromatic N) is 1. The molecule has 0 aliphatic carbocycles. The van der Waals surface area contributed by atoms with E-state index < -0.39 is 30.1 Å². The Kier molecular flexibility index (Phi) is 6.30. The smallest absolute Gasteiger partial charge is 0.337 e. The van der Waals surface area contributed by atoms with Crippen LogP contribution in [0.2, 0.25) is 5.02 Å². The quantitative estimate of drug-likeness (QED) is 0.810. The van der Waals surface area contributed by atoms with Gasteiger partial charge in [-0.1, -0.05) is 23.7 Å². The molecule has 0 aliphatic heterocycles. The van der Waals surface area contributed by atoms with Crippen molar-refractivity contribution >= 4 is 40.8 Å². The number of esters is 1. The van der Waals surface area contributed by atoms with Gasteiger partial charge in [-0.3, -0.25) is 9.59 Å². The molecule has 0 heterocycles. The Bertz CT molecular complexity index is 857. The van der Waals surface area contributed by atoms with E-state index in [4.69, 9.17) is 11.6 Å². The molecule has 0 aromatic heterocycles. The van der Waals surface area contributed by atoms with Crippen LogP contribution in [0.15, 0.2) is 42.5 Å². The van der Waals surface area contributed by atoms with Crippen molar-refractivity contribution in [2.75, 3.05) is 23.9 Å². The number of hydrogen-bond acceptors (Lipinski definition) is 4. The Morgan fingerprint density at radius 3 is 2.50 bits per heavy atom. The van der Waals surface area contributed by atoms with Crippen LogP contribution in [0.4, 0.5) is 15.8 Å². The predicted molar refractivity (Wildman–Crippen MR) is 95.8 cm³/mol. The lowest BCUT2D eigenvalue weighted by Crippen LogP contribution is -2.37. The van der Waals surface area contributed by atoms with Crippen LogP contribution in [0.1, 0.15) is 17.3 Å². The minimum absolute atomic E-state index is 0.00967. The van der Waals surface area contributed by atoms with E-state index in [2.05, 4.69) is 10.1 Å². The highest BCUT2D eigenvalue weighted by atomic mass is 35.5. The SMILES string of the molecule is COC(=O)c1ccc(Cl)c(NC(=O)CN(C(C)=O)c2ccccc2F)c1. The van der Waals surface area contributed by atoms with Crippen LogP contribution in [0.25, 0.3) is 0 Å². The molecule has 2 rings (SSSR count). The highest BCUT2D eigenvalue weighted by molar-refractivity contribution is 6.34. The number of hydrogen-bond donors (Lipinski definition) is 1. The van der Waals surface area contributed by atoms with Gasteiger partial charge < -0.3 is 15.0 Å². The van der Waals surface area contributed by atoms with Gasteiger partial charge >= 0.3 is 5.97 Å². The third-order valence-corrected chi connectivity index (χ3v) is 3.82. The van der Waals surface area contributed by atoms with Crippen LogP contribution in [0, 0.1) is 5.82 Å². The summed E-state index contributed by atoms with van der Waals surface area (Å²) in [6, 6.07) is 9.87. The lowest BCUT2D eigenvalue weighted by Gasteiger charge is -2.21. The number of carbonyl (C=O) groups is 3. The Morgan fingerprint density at radius 1 is 1.19 bits per heavy atom. The first-order valence-electron chi connectivity index (χ1n) is 7.54. The van der Waals surface area contributed by atoms with Crippen molar-refractivity contribution < 1.29 is 23.5 Å². The van der Waals surface area contributed by atoms with Crippen LogP contribution < -0.4 is 10.2 Å². The molecule has 8 heteroatoms. The van der Waals surface area contributed by atoms with Crippen molar-refractivity contribution in [2.45, 2.75) is 6.92 Å². The molecule has 6 nitrogen and oxygen atoms in total. The number of ether oxygens (including phenoxy) is 1. The normalized spacial score (nSPS) is 10.2. The molecule has 2 amide bonds. The summed E-state index contributed by atoms with van der Waals surface area (Å²) in [6.07, 6.45) is 0. The molecule has 1 N–H and O–H groups in total. The minimum atomic E-state index is -0.624. The Balaban J connectivity index is 2.20. The topological polar surface area (TPSA) is 75.7 Å². The lowest BCUT2D eigenvalue weighted by molar-refractivity contribution is -0.120. The van der Waals surface area contributed by atoms with E-state index in [0.717, 1.165) is 4.90 Å². The average molecular weight is 379 g/mol. The second kappa shape index (κ2) is 8.44. The summed E-state index contributed by atoms with van der Waals surface area (Å²) in [5.41, 5.74) is 0.367. The van der Waals surface area contributed by atoms with Crippen LogP contribution >= 0.6 is 11.6 Å². The van der Waals surface area contributed by atoms with Gasteiger partial charge in [-0.15, -0.1) is 0 Å². The van der Waals surface area contributed by atoms with Crippen molar-refractivity contribution in [3.8, 4) is 0 Å². The number of carbonyl (C=O) groups excluding carboxylic acids is 3. The van der Waals surface area contributed by atoms with E-state index in [0.29, 0.717) is 0 Å². The predicted octanol–water partition coefficient (Wildman–Crippen LogP) is 3.26. The molecule has 0 saturated carbocycles. The number of methoxy groups -OCH3 is 1. The molecule has 0 saturated heterocycles. The molecular formula is C18H16ClFN2O4. The molecule has 0 bridgehead atoms. The average Bonchev–Trinajstić information content (AvgIpc) is 2.61. The van der Waals surface area contributed by atoms with Crippen LogP contribution in [0.3, 0.4) is 0 Å². The summed E-state index contributed by atoms with van der Waals surface area (Å²) in [5.74, 6) is -2.32. The third kappa shape index (κ3) is 4.58. The van der Waals surface area contributed by atoms with Crippen molar-refractivity contribution in [1.82, 2.24) is 0 Å². The van der Waals surface area contributed by atoms with Gasteiger partial charge in [-0.05, 0) is 30.3 Å². The number of halogens is 2. The molecule has 2 aromatic carbocycles. The largest absolute Gasteiger partial charge is 0.465 e. The molecule has 136 valence electrons. The zero-order chi connectivity index (χ0) is 19.3. The summed E-state index contributed by atoms with van der Waals surface area (Å²) in [7, 11) is 1.23. The summed E-state index contributed by atoms with van der Waals surface area (Å²) in [5, 5.41) is 2.71. The molecule has 0 radical (unpaired) electrons. The van der Waals surface area contributed by atoms with E-state index in [1.807, 2.05) is 0 Å². The molecule has 0 unspecified atom stereocenters. The standard InChI is InChI=1S/C18H16ClFN2O4/c1-11(23)22(16-6-4-3-5-14(16)20)10-17(24)21-15-9-12(18(25)26-2)7-8-13(15)19/h3-9H,10H2,1-2H3,(H,21,24). The number of para-hydroxylation sites is 1. The summed E-state index contributed by atoms with van der Waals surface area (Å²) < 4.78 is 18.5. The second-order valence-corrected chi connectivity index (χ2v) is 5.70. The van der Waals surface area contributed by atoms with Crippen molar-refractivity contribution in [3.05, 3.63) is 58.9 Å². The molecule has 0 spiro atoms. The first-order valence-corrected chi connectivity index (χ1v) is 7.91. The fraction of sp³-hybridized carbons (Fsp3) is 0.167. The second-order valence-electron chi connectivity index (χ2n) is 5.29. The lowest BCUT2D eigenvalue weighted by atomic mass is 10.2. The van der Waals surface area contributed by atoms with E-state index in [9.17, 15) is 18.8 Å². The van der Waals surface area contributed by atoms with Gasteiger partial charge in [0, 0.05) is 6.92 Å². The first-order chi connectivity index (χ1) is 12.3. The summed E-state index contributed by atoms with van der Waals surface area (Å²) in [4.78, 5) is 36.7. The van der Waals surface area contributed by atoms with Crippen molar-refractivity contribution in [1.29, 1.82) is 0 Å². The monoisotopic (exact) mass is 378 g/mol. The van der Waals surface area contributed by atoms with Gasteiger partial charge in [0.15, 0.2) is 0 Å². The molecule has 0 fully saturated rings. The van der Waals surface area contributed by atoms with Crippen molar-refractivity contribution in [2.24, 2.45) is 0 Å². The van der Waals surface area contributed by atoms with Crippen LogP contribution in [0.5, 0.6) is 0 Å². The summed E-state index contributed by atoms with van der Waals surface area (Å²) in [6.45, 7) is 0.805. The highest BCUT2D eigenvalue weighted by Crippen LogP contribution is 2.24. The van der Waals surface area contributed by atoms with E-state index in [1.54, 1.807) is 6.07 Å². The zero-order valence-corrected chi connectivity index (χ0v) is 14.8. The van der Waals surface area contributed by atoms with Gasteiger partial charge in [0.25, 0.3) is 0 Å². The molecule has 0 aliphatic rings. The number of amides is 2. The molecule has 0 atom stereocenters. The van der Waals surface area contributed by atoms with Crippen molar-refractivity contribution in [3.63, 3.8) is 0 Å². The van der Waals surface area contributed by atoms with E-state index in [1.165, 1.54) is 50.4 Å². The van der Waals surface area contributed by atoms with Crippen LogP contribution in [-0.2, 0) is 14.3 Å². The minimum Gasteiger partial charge on any atom is -0.465 e. The van der Waals surface area contributed by atoms with Gasteiger partial charge in [-0.25, -0.2) is 9.18 Å². The number of benzene rings is 2. The fourth-order valence-corrected chi connectivity index (χ4v) is 2.40. The maximum atomic E-state index is 13.9. The maximum Gasteiger partial charge on any atom is 0.337 e. The molecule has 2 aromatic rings. The third-order valence-electron chi connectivity index (χ3n) is 3.49. The Hall–Kier alpha value is -2.93. The Labute approximate surface area is 154 Å². The van der Waals surface area contributed by atoms with Gasteiger partial charge in [0.05, 0.1) is 29.1 Å². The molecule has 26 heavy (non-hydrogen) atoms. The fourth-order valence-electron chi connectivity index (χ4n) is 2.24. The number of nitrogens with one attached hydrogen (secondary N) is 1. The Morgan fingerprint density at radius 2 is 1.88 bits per heavy atom. The van der Waals surface area contributed by atoms with E-state index >= 15 is 0 Å². The summed E-state index contributed by atoms with van der Waals surface area (Å²) >= 11 is 6.02. The number of anilines is 2. The maximum absolute atomic E-state index is 13.9. The van der Waals surface area contributed by atoms with E-state index in [-0.39, 0.29) is 22.0 Å². The first kappa shape index (κ1) is 19.4.